The fourth-order valence-corrected chi connectivity index (χ4v) is 2.82. The first-order valence-corrected chi connectivity index (χ1v) is 8.54. The van der Waals surface area contributed by atoms with Crippen LogP contribution in [0.3, 0.4) is 0 Å². The molecule has 0 aliphatic carbocycles. The fourth-order valence-electron chi connectivity index (χ4n) is 2.62. The number of hydrogen-bond donors (Lipinski definition) is 2. The molecular formula is C17H23ClN2O4. The number of ether oxygens (including phenoxy) is 1. The lowest BCUT2D eigenvalue weighted by Crippen LogP contribution is -2.26. The molecule has 1 aromatic carbocycles. The highest BCUT2D eigenvalue weighted by Gasteiger charge is 2.12. The highest BCUT2D eigenvalue weighted by Crippen LogP contribution is 2.23. The molecule has 0 radical (unpaired) electrons. The summed E-state index contributed by atoms with van der Waals surface area (Å²) in [4.78, 5) is 24.5. The van der Waals surface area contributed by atoms with Gasteiger partial charge in [-0.1, -0.05) is 11.6 Å². The van der Waals surface area contributed by atoms with Crippen LogP contribution in [0.25, 0.3) is 0 Å². The van der Waals surface area contributed by atoms with Crippen molar-refractivity contribution < 1.29 is 19.4 Å². The summed E-state index contributed by atoms with van der Waals surface area (Å²) in [6.07, 6.45) is 2.27. The average Bonchev–Trinajstić information content (AvgIpc) is 3.06. The van der Waals surface area contributed by atoms with Crippen molar-refractivity contribution in [2.75, 3.05) is 26.2 Å². The van der Waals surface area contributed by atoms with Crippen LogP contribution in [0.4, 0.5) is 0 Å². The third-order valence-corrected chi connectivity index (χ3v) is 4.16. The molecule has 132 valence electrons. The zero-order chi connectivity index (χ0) is 17.4. The largest absolute Gasteiger partial charge is 0.492 e. The molecule has 1 aliphatic rings. The van der Waals surface area contributed by atoms with E-state index in [1.54, 1.807) is 18.2 Å². The summed E-state index contributed by atoms with van der Waals surface area (Å²) in [7, 11) is 0. The Bertz CT molecular complexity index is 574. The normalized spacial score (nSPS) is 14.5. The number of amides is 1. The SMILES string of the molecule is O=C(O)CCC(=O)NCc1cc(Cl)ccc1OCCN1CCCC1. The standard InChI is InChI=1S/C17H23ClN2O4/c18-14-3-4-15(24-10-9-20-7-1-2-8-20)13(11-14)12-19-16(21)5-6-17(22)23/h3-4,11H,1-2,5-10,12H2,(H,19,21)(H,22,23). The molecule has 0 saturated carbocycles. The van der Waals surface area contributed by atoms with Crippen molar-refractivity contribution in [1.29, 1.82) is 0 Å². The molecule has 0 spiro atoms. The molecule has 0 atom stereocenters. The van der Waals surface area contributed by atoms with Gasteiger partial charge in [0.05, 0.1) is 6.42 Å². The molecule has 1 aliphatic heterocycles. The molecule has 2 N–H and O–H groups in total. The molecule has 7 heteroatoms. The molecule has 0 bridgehead atoms. The van der Waals surface area contributed by atoms with Crippen molar-refractivity contribution in [3.63, 3.8) is 0 Å². The number of carboxylic acid groups (broad SMARTS) is 1. The van der Waals surface area contributed by atoms with E-state index in [-0.39, 0.29) is 25.3 Å². The van der Waals surface area contributed by atoms with Gasteiger partial charge in [0, 0.05) is 30.1 Å². The minimum Gasteiger partial charge on any atom is -0.492 e. The van der Waals surface area contributed by atoms with E-state index < -0.39 is 5.97 Å². The van der Waals surface area contributed by atoms with Crippen molar-refractivity contribution in [3.05, 3.63) is 28.8 Å². The van der Waals surface area contributed by atoms with Gasteiger partial charge >= 0.3 is 5.97 Å². The molecule has 1 saturated heterocycles. The van der Waals surface area contributed by atoms with Crippen LogP contribution in [-0.2, 0) is 16.1 Å². The second-order valence-electron chi connectivity index (χ2n) is 5.82. The minimum absolute atomic E-state index is 0.0406. The maximum atomic E-state index is 11.7. The number of nitrogens with one attached hydrogen (secondary N) is 1. The lowest BCUT2D eigenvalue weighted by atomic mass is 10.2. The first kappa shape index (κ1) is 18.5. The monoisotopic (exact) mass is 354 g/mol. The van der Waals surface area contributed by atoms with Gasteiger partial charge in [-0.2, -0.15) is 0 Å². The smallest absolute Gasteiger partial charge is 0.303 e. The molecule has 2 rings (SSSR count). The summed E-state index contributed by atoms with van der Waals surface area (Å²) in [6, 6.07) is 5.30. The van der Waals surface area contributed by atoms with E-state index in [0.29, 0.717) is 17.4 Å². The highest BCUT2D eigenvalue weighted by atomic mass is 35.5. The van der Waals surface area contributed by atoms with Crippen molar-refractivity contribution >= 4 is 23.5 Å². The van der Waals surface area contributed by atoms with E-state index in [1.165, 1.54) is 12.8 Å². The highest BCUT2D eigenvalue weighted by molar-refractivity contribution is 6.30. The second kappa shape index (κ2) is 9.49. The van der Waals surface area contributed by atoms with E-state index in [0.717, 1.165) is 25.2 Å². The second-order valence-corrected chi connectivity index (χ2v) is 6.26. The van der Waals surface area contributed by atoms with Crippen molar-refractivity contribution in [1.82, 2.24) is 10.2 Å². The predicted molar refractivity (Wildman–Crippen MR) is 91.3 cm³/mol. The van der Waals surface area contributed by atoms with Gasteiger partial charge < -0.3 is 15.2 Å². The van der Waals surface area contributed by atoms with Crippen LogP contribution in [0.15, 0.2) is 18.2 Å². The number of carbonyl (C=O) groups excluding carboxylic acids is 1. The summed E-state index contributed by atoms with van der Waals surface area (Å²) < 4.78 is 5.84. The third-order valence-electron chi connectivity index (χ3n) is 3.93. The Morgan fingerprint density at radius 1 is 1.25 bits per heavy atom. The Labute approximate surface area is 146 Å². The molecule has 6 nitrogen and oxygen atoms in total. The molecule has 0 unspecified atom stereocenters. The first-order chi connectivity index (χ1) is 11.5. The summed E-state index contributed by atoms with van der Waals surface area (Å²) in [5, 5.41) is 11.9. The molecule has 1 amide bonds. The number of aliphatic carboxylic acids is 1. The van der Waals surface area contributed by atoms with E-state index in [4.69, 9.17) is 21.4 Å². The molecule has 1 heterocycles. The number of nitrogens with zero attached hydrogens (tertiary/aromatic N) is 1. The van der Waals surface area contributed by atoms with Gasteiger partial charge in [0.1, 0.15) is 12.4 Å². The lowest BCUT2D eigenvalue weighted by molar-refractivity contribution is -0.138. The summed E-state index contributed by atoms with van der Waals surface area (Å²) in [5.41, 5.74) is 0.785. The topological polar surface area (TPSA) is 78.9 Å². The molecule has 1 aromatic rings. The van der Waals surface area contributed by atoms with Gasteiger partial charge in [0.25, 0.3) is 0 Å². The fraction of sp³-hybridized carbons (Fsp3) is 0.529. The quantitative estimate of drug-likeness (QED) is 0.711. The Morgan fingerprint density at radius 3 is 2.71 bits per heavy atom. The zero-order valence-corrected chi connectivity index (χ0v) is 14.3. The minimum atomic E-state index is -0.987. The summed E-state index contributed by atoms with van der Waals surface area (Å²) >= 11 is 6.02. The van der Waals surface area contributed by atoms with Crippen LogP contribution < -0.4 is 10.1 Å². The van der Waals surface area contributed by atoms with Crippen molar-refractivity contribution in [2.24, 2.45) is 0 Å². The van der Waals surface area contributed by atoms with Crippen LogP contribution in [0, 0.1) is 0 Å². The number of likely N-dealkylation sites (tertiary alicyclic amines) is 1. The van der Waals surface area contributed by atoms with Gasteiger partial charge in [-0.3, -0.25) is 14.5 Å². The van der Waals surface area contributed by atoms with Crippen LogP contribution in [-0.4, -0.2) is 48.1 Å². The molecule has 1 fully saturated rings. The number of halogens is 1. The van der Waals surface area contributed by atoms with Crippen molar-refractivity contribution in [3.8, 4) is 5.75 Å². The third kappa shape index (κ3) is 6.37. The Hall–Kier alpha value is -1.79. The van der Waals surface area contributed by atoms with E-state index in [2.05, 4.69) is 10.2 Å². The first-order valence-electron chi connectivity index (χ1n) is 8.16. The van der Waals surface area contributed by atoms with Gasteiger partial charge in [-0.25, -0.2) is 0 Å². The number of carbonyl (C=O) groups is 2. The Morgan fingerprint density at radius 2 is 2.00 bits per heavy atom. The van der Waals surface area contributed by atoms with Crippen LogP contribution in [0.2, 0.25) is 5.02 Å². The Kier molecular flexibility index (Phi) is 7.34. The van der Waals surface area contributed by atoms with E-state index in [1.807, 2.05) is 0 Å². The van der Waals surface area contributed by atoms with E-state index >= 15 is 0 Å². The lowest BCUT2D eigenvalue weighted by Gasteiger charge is -2.17. The van der Waals surface area contributed by atoms with Gasteiger partial charge in [0.2, 0.25) is 5.91 Å². The maximum absolute atomic E-state index is 11.7. The van der Waals surface area contributed by atoms with Gasteiger partial charge in [-0.15, -0.1) is 0 Å². The molecular weight excluding hydrogens is 332 g/mol. The number of rotatable bonds is 9. The summed E-state index contributed by atoms with van der Waals surface area (Å²) in [6.45, 7) is 3.97. The number of benzene rings is 1. The summed E-state index contributed by atoms with van der Waals surface area (Å²) in [5.74, 6) is -0.601. The van der Waals surface area contributed by atoms with Gasteiger partial charge in [0.15, 0.2) is 0 Å². The predicted octanol–water partition coefficient (Wildman–Crippen LogP) is 2.30. The van der Waals surface area contributed by atoms with Crippen molar-refractivity contribution in [2.45, 2.75) is 32.2 Å². The van der Waals surface area contributed by atoms with Crippen LogP contribution in [0.1, 0.15) is 31.2 Å². The number of carboxylic acids is 1. The van der Waals surface area contributed by atoms with Crippen LogP contribution in [0.5, 0.6) is 5.75 Å². The number of hydrogen-bond acceptors (Lipinski definition) is 4. The van der Waals surface area contributed by atoms with Gasteiger partial charge in [-0.05, 0) is 44.1 Å². The zero-order valence-electron chi connectivity index (χ0n) is 13.6. The average molecular weight is 355 g/mol. The maximum Gasteiger partial charge on any atom is 0.303 e. The molecule has 0 aromatic heterocycles. The van der Waals surface area contributed by atoms with Crippen LogP contribution >= 0.6 is 11.6 Å². The Balaban J connectivity index is 1.84. The van der Waals surface area contributed by atoms with E-state index in [9.17, 15) is 9.59 Å². The molecule has 24 heavy (non-hydrogen) atoms.